The smallest absolute Gasteiger partial charge is 0.290 e. The third kappa shape index (κ3) is 3.69. The molecule has 0 aromatic heterocycles. The SMILES string of the molecule is CCN1CCC2(CC1)CN(C(C)(C)C)C2.O=CO. The summed E-state index contributed by atoms with van der Waals surface area (Å²) in [7, 11) is 0. The van der Waals surface area contributed by atoms with E-state index < -0.39 is 0 Å². The van der Waals surface area contributed by atoms with Crippen LogP contribution in [0.3, 0.4) is 0 Å². The van der Waals surface area contributed by atoms with E-state index in [9.17, 15) is 0 Å². The first kappa shape index (κ1) is 15.4. The second-order valence-electron chi connectivity index (χ2n) is 6.57. The molecule has 0 atom stereocenters. The molecule has 2 aliphatic heterocycles. The number of nitrogens with zero attached hydrogens (tertiary/aromatic N) is 2. The molecule has 0 saturated carbocycles. The molecular weight excluding hydrogens is 228 g/mol. The molecule has 0 aromatic carbocycles. The summed E-state index contributed by atoms with van der Waals surface area (Å²) in [6.07, 6.45) is 2.85. The predicted octanol–water partition coefficient (Wildman–Crippen LogP) is 1.90. The van der Waals surface area contributed by atoms with Crippen LogP contribution in [0.1, 0.15) is 40.5 Å². The van der Waals surface area contributed by atoms with Crippen LogP contribution in [0.2, 0.25) is 0 Å². The van der Waals surface area contributed by atoms with E-state index in [1.807, 2.05) is 0 Å². The Morgan fingerprint density at radius 2 is 1.67 bits per heavy atom. The third-order valence-electron chi connectivity index (χ3n) is 4.37. The summed E-state index contributed by atoms with van der Waals surface area (Å²) in [4.78, 5) is 13.6. The average molecular weight is 256 g/mol. The number of rotatable bonds is 1. The molecule has 0 radical (unpaired) electrons. The van der Waals surface area contributed by atoms with E-state index in [0.717, 1.165) is 0 Å². The first-order valence-electron chi connectivity index (χ1n) is 6.92. The van der Waals surface area contributed by atoms with Gasteiger partial charge in [0.05, 0.1) is 0 Å². The van der Waals surface area contributed by atoms with Gasteiger partial charge in [0.1, 0.15) is 0 Å². The molecule has 2 fully saturated rings. The zero-order chi connectivity index (χ0) is 13.8. The minimum atomic E-state index is -0.250. The van der Waals surface area contributed by atoms with E-state index in [-0.39, 0.29) is 6.47 Å². The minimum Gasteiger partial charge on any atom is -0.483 e. The maximum Gasteiger partial charge on any atom is 0.290 e. The van der Waals surface area contributed by atoms with Crippen LogP contribution in [0, 0.1) is 5.41 Å². The maximum absolute atomic E-state index is 8.36. The topological polar surface area (TPSA) is 43.8 Å². The van der Waals surface area contributed by atoms with Crippen LogP contribution < -0.4 is 0 Å². The molecule has 0 amide bonds. The standard InChI is InChI=1S/C13H26N2.CH2O2/c1-5-14-8-6-13(7-9-14)10-15(11-13)12(2,3)4;2-1-3/h5-11H2,1-4H3;1H,(H,2,3). The monoisotopic (exact) mass is 256 g/mol. The quantitative estimate of drug-likeness (QED) is 0.728. The normalized spacial score (nSPS) is 24.0. The second-order valence-corrected chi connectivity index (χ2v) is 6.57. The Morgan fingerprint density at radius 3 is 2.00 bits per heavy atom. The van der Waals surface area contributed by atoms with Gasteiger partial charge in [-0.15, -0.1) is 0 Å². The molecule has 2 aliphatic rings. The van der Waals surface area contributed by atoms with E-state index in [4.69, 9.17) is 9.90 Å². The zero-order valence-corrected chi connectivity index (χ0v) is 12.3. The van der Waals surface area contributed by atoms with Crippen LogP contribution in [-0.2, 0) is 4.79 Å². The van der Waals surface area contributed by atoms with Crippen molar-refractivity contribution in [3.05, 3.63) is 0 Å². The van der Waals surface area contributed by atoms with Crippen LogP contribution in [0.25, 0.3) is 0 Å². The lowest BCUT2D eigenvalue weighted by Crippen LogP contribution is -2.65. The molecular formula is C14H28N2O2. The van der Waals surface area contributed by atoms with Gasteiger partial charge in [-0.3, -0.25) is 9.69 Å². The maximum atomic E-state index is 8.36. The fourth-order valence-electron chi connectivity index (χ4n) is 2.90. The molecule has 0 aliphatic carbocycles. The Morgan fingerprint density at radius 1 is 1.22 bits per heavy atom. The molecule has 4 nitrogen and oxygen atoms in total. The Balaban J connectivity index is 0.000000492. The number of piperidine rings is 1. The molecule has 18 heavy (non-hydrogen) atoms. The summed E-state index contributed by atoms with van der Waals surface area (Å²) in [5.41, 5.74) is 1.08. The summed E-state index contributed by atoms with van der Waals surface area (Å²) in [5.74, 6) is 0. The summed E-state index contributed by atoms with van der Waals surface area (Å²) in [6.45, 7) is 15.6. The van der Waals surface area contributed by atoms with Gasteiger partial charge in [0.25, 0.3) is 6.47 Å². The highest BCUT2D eigenvalue weighted by Gasteiger charge is 2.47. The van der Waals surface area contributed by atoms with Crippen molar-refractivity contribution in [2.75, 3.05) is 32.7 Å². The fourth-order valence-corrected chi connectivity index (χ4v) is 2.90. The molecule has 1 spiro atoms. The molecule has 4 heteroatoms. The van der Waals surface area contributed by atoms with E-state index in [2.05, 4.69) is 37.5 Å². The van der Waals surface area contributed by atoms with Crippen molar-refractivity contribution in [2.24, 2.45) is 5.41 Å². The molecule has 2 rings (SSSR count). The van der Waals surface area contributed by atoms with Gasteiger partial charge >= 0.3 is 0 Å². The van der Waals surface area contributed by atoms with Crippen molar-refractivity contribution in [3.8, 4) is 0 Å². The van der Waals surface area contributed by atoms with E-state index in [0.29, 0.717) is 11.0 Å². The molecule has 0 unspecified atom stereocenters. The lowest BCUT2D eigenvalue weighted by molar-refractivity contribution is -0.122. The largest absolute Gasteiger partial charge is 0.483 e. The van der Waals surface area contributed by atoms with Crippen molar-refractivity contribution in [1.82, 2.24) is 9.80 Å². The number of likely N-dealkylation sites (tertiary alicyclic amines) is 2. The van der Waals surface area contributed by atoms with Gasteiger partial charge < -0.3 is 10.0 Å². The highest BCUT2D eigenvalue weighted by atomic mass is 16.3. The van der Waals surface area contributed by atoms with Crippen LogP contribution in [0.4, 0.5) is 0 Å². The Bertz CT molecular complexity index is 257. The predicted molar refractivity (Wildman–Crippen MR) is 73.8 cm³/mol. The van der Waals surface area contributed by atoms with Gasteiger partial charge in [-0.2, -0.15) is 0 Å². The number of hydrogen-bond donors (Lipinski definition) is 1. The first-order chi connectivity index (χ1) is 8.37. The summed E-state index contributed by atoms with van der Waals surface area (Å²) in [6, 6.07) is 0. The van der Waals surface area contributed by atoms with Gasteiger partial charge in [-0.1, -0.05) is 6.92 Å². The van der Waals surface area contributed by atoms with Crippen molar-refractivity contribution in [1.29, 1.82) is 0 Å². The van der Waals surface area contributed by atoms with Gasteiger partial charge in [0, 0.05) is 18.6 Å². The van der Waals surface area contributed by atoms with Gasteiger partial charge in [-0.05, 0) is 58.7 Å². The van der Waals surface area contributed by atoms with E-state index in [1.54, 1.807) is 0 Å². The van der Waals surface area contributed by atoms with Gasteiger partial charge in [0.2, 0.25) is 0 Å². The minimum absolute atomic E-state index is 0.250. The molecule has 0 aromatic rings. The van der Waals surface area contributed by atoms with E-state index in [1.165, 1.54) is 45.6 Å². The Kier molecular flexibility index (Phi) is 5.17. The average Bonchev–Trinajstić information content (AvgIpc) is 2.26. The number of carbonyl (C=O) groups is 1. The zero-order valence-electron chi connectivity index (χ0n) is 12.3. The fraction of sp³-hybridized carbons (Fsp3) is 0.929. The van der Waals surface area contributed by atoms with Crippen LogP contribution in [0.15, 0.2) is 0 Å². The Hall–Kier alpha value is -0.610. The molecule has 2 saturated heterocycles. The number of carboxylic acid groups (broad SMARTS) is 1. The Labute approximate surface area is 111 Å². The van der Waals surface area contributed by atoms with Crippen LogP contribution in [-0.4, -0.2) is 59.6 Å². The summed E-state index contributed by atoms with van der Waals surface area (Å²) >= 11 is 0. The van der Waals surface area contributed by atoms with Crippen molar-refractivity contribution in [2.45, 2.75) is 46.1 Å². The van der Waals surface area contributed by atoms with Crippen molar-refractivity contribution in [3.63, 3.8) is 0 Å². The molecule has 0 bridgehead atoms. The highest BCUT2D eigenvalue weighted by Crippen LogP contribution is 2.43. The van der Waals surface area contributed by atoms with Crippen molar-refractivity contribution < 1.29 is 9.90 Å². The third-order valence-corrected chi connectivity index (χ3v) is 4.37. The lowest BCUT2D eigenvalue weighted by atomic mass is 9.70. The van der Waals surface area contributed by atoms with Gasteiger partial charge in [-0.25, -0.2) is 0 Å². The highest BCUT2D eigenvalue weighted by molar-refractivity contribution is 5.32. The molecule has 1 N–H and O–H groups in total. The van der Waals surface area contributed by atoms with Crippen LogP contribution in [0.5, 0.6) is 0 Å². The van der Waals surface area contributed by atoms with Gasteiger partial charge in [0.15, 0.2) is 0 Å². The van der Waals surface area contributed by atoms with E-state index >= 15 is 0 Å². The first-order valence-corrected chi connectivity index (χ1v) is 6.92. The summed E-state index contributed by atoms with van der Waals surface area (Å²) in [5, 5.41) is 6.89. The van der Waals surface area contributed by atoms with Crippen LogP contribution >= 0.6 is 0 Å². The van der Waals surface area contributed by atoms with Crippen molar-refractivity contribution >= 4 is 6.47 Å². The molecule has 2 heterocycles. The lowest BCUT2D eigenvalue weighted by Gasteiger charge is -2.58. The second kappa shape index (κ2) is 6.02. The molecule has 106 valence electrons. The summed E-state index contributed by atoms with van der Waals surface area (Å²) < 4.78 is 0. The number of hydrogen-bond acceptors (Lipinski definition) is 3.